The van der Waals surface area contributed by atoms with E-state index in [-0.39, 0.29) is 46.3 Å². The zero-order valence-corrected chi connectivity index (χ0v) is 18.7. The van der Waals surface area contributed by atoms with Gasteiger partial charge in [0.1, 0.15) is 0 Å². The number of carbonyl (C=O) groups excluding carboxylic acids is 1. The molecule has 0 heterocycles. The summed E-state index contributed by atoms with van der Waals surface area (Å²) in [4.78, 5) is 21.5. The van der Waals surface area contributed by atoms with E-state index in [2.05, 4.69) is 36.6 Å². The fourth-order valence-electron chi connectivity index (χ4n) is 1.56. The van der Waals surface area contributed by atoms with Crippen molar-refractivity contribution in [3.8, 4) is 0 Å². The summed E-state index contributed by atoms with van der Waals surface area (Å²) in [6.07, 6.45) is 0. The number of halogens is 2. The first-order chi connectivity index (χ1) is 10.8. The van der Waals surface area contributed by atoms with Gasteiger partial charge in [0, 0.05) is 20.3 Å². The molecule has 2 aromatic rings. The maximum atomic E-state index is 11.0. The van der Waals surface area contributed by atoms with Crippen LogP contribution in [0.5, 0.6) is 0 Å². The molecule has 7 nitrogen and oxygen atoms in total. The van der Waals surface area contributed by atoms with Gasteiger partial charge in [-0.3, -0.25) is 0 Å². The Labute approximate surface area is 183 Å². The largest absolute Gasteiger partial charge is 1.00 e. The minimum Gasteiger partial charge on any atom is -0.870 e. The molecule has 0 unspecified atom stereocenters. The molecule has 6 N–H and O–H groups in total. The number of carboxylic acid groups (broad SMARTS) is 1. The van der Waals surface area contributed by atoms with Crippen molar-refractivity contribution in [2.45, 2.75) is 0 Å². The second kappa shape index (κ2) is 12.3. The molecule has 10 heteroatoms. The number of benzene rings is 2. The number of nitrogen functional groups attached to an aromatic ring is 2. The SMILES string of the molecule is COC(=O)c1ccc(Br)cc1N.Nc1cc(Br)ccc1C(=O)O.[Na+].[OH-]. The van der Waals surface area contributed by atoms with Crippen molar-refractivity contribution in [2.24, 2.45) is 0 Å². The maximum Gasteiger partial charge on any atom is 1.00 e. The molecule has 130 valence electrons. The number of rotatable bonds is 2. The monoisotopic (exact) mass is 484 g/mol. The number of ether oxygens (including phenoxy) is 1. The van der Waals surface area contributed by atoms with Crippen LogP contribution in [0.2, 0.25) is 0 Å². The molecule has 0 amide bonds. The molecule has 0 atom stereocenters. The van der Waals surface area contributed by atoms with Gasteiger partial charge >= 0.3 is 41.5 Å². The van der Waals surface area contributed by atoms with Crippen LogP contribution in [0.1, 0.15) is 20.7 Å². The quantitative estimate of drug-likeness (QED) is 0.316. The molecule has 2 rings (SSSR count). The van der Waals surface area contributed by atoms with Gasteiger partial charge in [0.2, 0.25) is 0 Å². The standard InChI is InChI=1S/C8H8BrNO2.C7H6BrNO2.Na.H2O/c1-12-8(11)6-3-2-5(9)4-7(6)10;8-4-1-2-5(7(10)11)6(9)3-4;;/h2-4H,10H2,1H3;1-3H,9H2,(H,10,11);;1H2/q;;+1;/p-1. The molecule has 0 aromatic heterocycles. The van der Waals surface area contributed by atoms with Gasteiger partial charge in [-0.2, -0.15) is 0 Å². The van der Waals surface area contributed by atoms with Gasteiger partial charge in [-0.25, -0.2) is 9.59 Å². The molecule has 0 spiro atoms. The van der Waals surface area contributed by atoms with E-state index < -0.39 is 11.9 Å². The van der Waals surface area contributed by atoms with Crippen LogP contribution in [-0.2, 0) is 4.74 Å². The number of carboxylic acids is 1. The Balaban J connectivity index is 0. The Morgan fingerprint density at radius 2 is 1.36 bits per heavy atom. The predicted molar refractivity (Wildman–Crippen MR) is 97.3 cm³/mol. The molecule has 0 aliphatic rings. The van der Waals surface area contributed by atoms with Gasteiger partial charge in [-0.15, -0.1) is 0 Å². The van der Waals surface area contributed by atoms with Crippen molar-refractivity contribution < 1.29 is 54.5 Å². The molecule has 0 aliphatic carbocycles. The first kappa shape index (κ1) is 26.1. The van der Waals surface area contributed by atoms with Gasteiger partial charge in [-0.1, -0.05) is 31.9 Å². The summed E-state index contributed by atoms with van der Waals surface area (Å²) >= 11 is 6.41. The van der Waals surface area contributed by atoms with Crippen LogP contribution >= 0.6 is 31.9 Å². The average Bonchev–Trinajstić information content (AvgIpc) is 2.46. The van der Waals surface area contributed by atoms with Crippen molar-refractivity contribution in [1.82, 2.24) is 0 Å². The van der Waals surface area contributed by atoms with Crippen LogP contribution in [0.15, 0.2) is 45.3 Å². The zero-order chi connectivity index (χ0) is 17.6. The molecule has 0 aliphatic heterocycles. The van der Waals surface area contributed by atoms with E-state index in [0.717, 1.165) is 8.95 Å². The molecule has 0 bridgehead atoms. The normalized spacial score (nSPS) is 8.76. The van der Waals surface area contributed by atoms with Gasteiger partial charge in [0.05, 0.1) is 18.2 Å². The van der Waals surface area contributed by atoms with Crippen molar-refractivity contribution in [2.75, 3.05) is 18.6 Å². The molecule has 2 aromatic carbocycles. The van der Waals surface area contributed by atoms with E-state index in [0.29, 0.717) is 11.3 Å². The van der Waals surface area contributed by atoms with Crippen LogP contribution in [0.3, 0.4) is 0 Å². The van der Waals surface area contributed by atoms with E-state index in [4.69, 9.17) is 16.6 Å². The summed E-state index contributed by atoms with van der Waals surface area (Å²) in [7, 11) is 1.32. The van der Waals surface area contributed by atoms with Crippen LogP contribution in [0.25, 0.3) is 0 Å². The van der Waals surface area contributed by atoms with E-state index in [9.17, 15) is 9.59 Å². The number of hydrogen-bond acceptors (Lipinski definition) is 6. The van der Waals surface area contributed by atoms with E-state index >= 15 is 0 Å². The second-order valence-corrected chi connectivity index (χ2v) is 6.09. The van der Waals surface area contributed by atoms with Crippen LogP contribution in [0.4, 0.5) is 11.4 Å². The number of esters is 1. The Morgan fingerprint density at radius 3 is 1.68 bits per heavy atom. The van der Waals surface area contributed by atoms with Gasteiger partial charge in [-0.05, 0) is 36.4 Å². The molecule has 0 saturated carbocycles. The molecule has 0 saturated heterocycles. The first-order valence-electron chi connectivity index (χ1n) is 6.18. The Bertz CT molecular complexity index is 744. The molecule has 0 fully saturated rings. The fourth-order valence-corrected chi connectivity index (χ4v) is 2.32. The summed E-state index contributed by atoms with van der Waals surface area (Å²) in [5.74, 6) is -1.42. The second-order valence-electron chi connectivity index (χ2n) is 4.26. The van der Waals surface area contributed by atoms with Crippen molar-refractivity contribution in [3.05, 3.63) is 56.5 Å². The minimum absolute atomic E-state index is 0. The molecular formula is C15H15Br2N2NaO5. The molecular weight excluding hydrogens is 471 g/mol. The third kappa shape index (κ3) is 8.21. The van der Waals surface area contributed by atoms with E-state index in [1.165, 1.54) is 13.2 Å². The fraction of sp³-hybridized carbons (Fsp3) is 0.0667. The number of aromatic carboxylic acids is 1. The van der Waals surface area contributed by atoms with Crippen LogP contribution in [0, 0.1) is 0 Å². The van der Waals surface area contributed by atoms with Gasteiger partial charge in [0.25, 0.3) is 0 Å². The van der Waals surface area contributed by atoms with Crippen molar-refractivity contribution in [1.29, 1.82) is 0 Å². The van der Waals surface area contributed by atoms with Crippen LogP contribution in [-0.4, -0.2) is 29.6 Å². The number of hydrogen-bond donors (Lipinski definition) is 3. The Morgan fingerprint density at radius 1 is 0.960 bits per heavy atom. The summed E-state index contributed by atoms with van der Waals surface area (Å²) in [5.41, 5.74) is 12.2. The number of anilines is 2. The third-order valence-corrected chi connectivity index (χ3v) is 3.65. The Kier molecular flexibility index (Phi) is 12.8. The van der Waals surface area contributed by atoms with Gasteiger partial charge in [0.15, 0.2) is 0 Å². The van der Waals surface area contributed by atoms with Crippen LogP contribution < -0.4 is 41.0 Å². The summed E-state index contributed by atoms with van der Waals surface area (Å²) < 4.78 is 6.14. The minimum atomic E-state index is -1.00. The first-order valence-corrected chi connectivity index (χ1v) is 7.76. The summed E-state index contributed by atoms with van der Waals surface area (Å²) in [6, 6.07) is 9.67. The molecule has 25 heavy (non-hydrogen) atoms. The smallest absolute Gasteiger partial charge is 0.870 e. The number of methoxy groups -OCH3 is 1. The number of carbonyl (C=O) groups is 2. The number of nitrogens with two attached hydrogens (primary N) is 2. The van der Waals surface area contributed by atoms with Crippen molar-refractivity contribution >= 4 is 55.2 Å². The average molecular weight is 486 g/mol. The molecule has 0 radical (unpaired) electrons. The zero-order valence-electron chi connectivity index (χ0n) is 13.5. The Hall–Kier alpha value is -1.10. The summed E-state index contributed by atoms with van der Waals surface area (Å²) in [6.45, 7) is 0. The third-order valence-electron chi connectivity index (χ3n) is 2.66. The maximum absolute atomic E-state index is 11.0. The van der Waals surface area contributed by atoms with E-state index in [1.54, 1.807) is 30.3 Å². The predicted octanol–water partition coefficient (Wildman–Crippen LogP) is 0.375. The topological polar surface area (TPSA) is 146 Å². The van der Waals surface area contributed by atoms with E-state index in [1.807, 2.05) is 0 Å². The van der Waals surface area contributed by atoms with Gasteiger partial charge < -0.3 is 26.8 Å². The van der Waals surface area contributed by atoms with Crippen molar-refractivity contribution in [3.63, 3.8) is 0 Å². The summed E-state index contributed by atoms with van der Waals surface area (Å²) in [5, 5.41) is 8.56.